The van der Waals surface area contributed by atoms with Crippen molar-refractivity contribution in [2.24, 2.45) is 5.73 Å². The van der Waals surface area contributed by atoms with Crippen molar-refractivity contribution in [2.45, 2.75) is 26.4 Å². The van der Waals surface area contributed by atoms with Crippen molar-refractivity contribution >= 4 is 22.6 Å². The third-order valence-electron chi connectivity index (χ3n) is 3.60. The molecule has 4 heteroatoms. The van der Waals surface area contributed by atoms with E-state index in [-0.39, 0.29) is 6.04 Å². The first-order valence-electron chi connectivity index (χ1n) is 7.07. The largest absolute Gasteiger partial charge is 0.326 e. The SMILES string of the molecule is CC(C)n1c(-c2cccc(CN)c2)nc2cccc(Cl)c21. The van der Waals surface area contributed by atoms with Gasteiger partial charge >= 0.3 is 0 Å². The highest BCUT2D eigenvalue weighted by Crippen LogP contribution is 2.32. The number of fused-ring (bicyclic) bond motifs is 1. The van der Waals surface area contributed by atoms with Gasteiger partial charge < -0.3 is 10.3 Å². The van der Waals surface area contributed by atoms with Crippen LogP contribution in [0.1, 0.15) is 25.5 Å². The molecule has 0 bridgehead atoms. The molecule has 2 N–H and O–H groups in total. The van der Waals surface area contributed by atoms with Gasteiger partial charge in [0.25, 0.3) is 0 Å². The van der Waals surface area contributed by atoms with Gasteiger partial charge in [0.2, 0.25) is 0 Å². The Morgan fingerprint density at radius 3 is 2.67 bits per heavy atom. The molecule has 108 valence electrons. The van der Waals surface area contributed by atoms with E-state index in [1.54, 1.807) is 0 Å². The number of halogens is 1. The summed E-state index contributed by atoms with van der Waals surface area (Å²) in [7, 11) is 0. The molecule has 0 aliphatic carbocycles. The van der Waals surface area contributed by atoms with Crippen molar-refractivity contribution in [2.75, 3.05) is 0 Å². The number of rotatable bonds is 3. The zero-order valence-electron chi connectivity index (χ0n) is 12.2. The van der Waals surface area contributed by atoms with Crippen LogP contribution in [0.25, 0.3) is 22.4 Å². The highest BCUT2D eigenvalue weighted by atomic mass is 35.5. The first kappa shape index (κ1) is 14.1. The number of benzene rings is 2. The van der Waals surface area contributed by atoms with Crippen LogP contribution in [-0.4, -0.2) is 9.55 Å². The Hall–Kier alpha value is -1.84. The summed E-state index contributed by atoms with van der Waals surface area (Å²) in [5, 5.41) is 0.731. The van der Waals surface area contributed by atoms with E-state index in [1.165, 1.54) is 0 Å². The number of para-hydroxylation sites is 1. The van der Waals surface area contributed by atoms with E-state index in [0.29, 0.717) is 6.54 Å². The van der Waals surface area contributed by atoms with Crippen LogP contribution in [0.4, 0.5) is 0 Å². The lowest BCUT2D eigenvalue weighted by Crippen LogP contribution is -2.04. The van der Waals surface area contributed by atoms with Crippen LogP contribution >= 0.6 is 11.6 Å². The molecule has 0 radical (unpaired) electrons. The van der Waals surface area contributed by atoms with E-state index in [2.05, 4.69) is 30.5 Å². The second kappa shape index (κ2) is 5.51. The Morgan fingerprint density at radius 1 is 1.19 bits per heavy atom. The van der Waals surface area contributed by atoms with E-state index in [4.69, 9.17) is 22.3 Å². The van der Waals surface area contributed by atoms with Crippen LogP contribution in [0.5, 0.6) is 0 Å². The molecule has 21 heavy (non-hydrogen) atoms. The molecule has 0 atom stereocenters. The number of aromatic nitrogens is 2. The molecule has 0 unspecified atom stereocenters. The van der Waals surface area contributed by atoms with Crippen LogP contribution in [-0.2, 0) is 6.54 Å². The second-order valence-electron chi connectivity index (χ2n) is 5.41. The molecule has 3 aromatic rings. The molecule has 3 rings (SSSR count). The summed E-state index contributed by atoms with van der Waals surface area (Å²) in [6.45, 7) is 4.80. The summed E-state index contributed by atoms with van der Waals surface area (Å²) in [4.78, 5) is 4.78. The Morgan fingerprint density at radius 2 is 1.95 bits per heavy atom. The van der Waals surface area contributed by atoms with Crippen molar-refractivity contribution < 1.29 is 0 Å². The summed E-state index contributed by atoms with van der Waals surface area (Å²) < 4.78 is 2.19. The van der Waals surface area contributed by atoms with Gasteiger partial charge in [-0.15, -0.1) is 0 Å². The summed E-state index contributed by atoms with van der Waals surface area (Å²) >= 11 is 6.38. The molecule has 1 aromatic heterocycles. The Kier molecular flexibility index (Phi) is 3.70. The van der Waals surface area contributed by atoms with Crippen LogP contribution in [0.3, 0.4) is 0 Å². The van der Waals surface area contributed by atoms with E-state index >= 15 is 0 Å². The number of hydrogen-bond donors (Lipinski definition) is 1. The van der Waals surface area contributed by atoms with Crippen LogP contribution < -0.4 is 5.73 Å². The van der Waals surface area contributed by atoms with Crippen molar-refractivity contribution in [3.63, 3.8) is 0 Å². The molecule has 3 nitrogen and oxygen atoms in total. The zero-order valence-corrected chi connectivity index (χ0v) is 12.9. The fourth-order valence-electron chi connectivity index (χ4n) is 2.65. The molecule has 2 aromatic carbocycles. The topological polar surface area (TPSA) is 43.8 Å². The maximum absolute atomic E-state index is 6.38. The molecule has 0 aliphatic rings. The van der Waals surface area contributed by atoms with Crippen molar-refractivity contribution in [3.8, 4) is 11.4 Å². The molecule has 0 spiro atoms. The molecular weight excluding hydrogens is 282 g/mol. The maximum Gasteiger partial charge on any atom is 0.141 e. The van der Waals surface area contributed by atoms with Gasteiger partial charge in [0.05, 0.1) is 16.1 Å². The van der Waals surface area contributed by atoms with Gasteiger partial charge in [-0.05, 0) is 37.6 Å². The molecular formula is C17H18ClN3. The maximum atomic E-state index is 6.38. The smallest absolute Gasteiger partial charge is 0.141 e. The molecule has 0 saturated heterocycles. The molecule has 0 amide bonds. The van der Waals surface area contributed by atoms with Crippen molar-refractivity contribution in [3.05, 3.63) is 53.1 Å². The number of nitrogens with zero attached hydrogens (tertiary/aromatic N) is 2. The minimum atomic E-state index is 0.270. The average molecular weight is 300 g/mol. The van der Waals surface area contributed by atoms with E-state index < -0.39 is 0 Å². The lowest BCUT2D eigenvalue weighted by atomic mass is 10.1. The minimum Gasteiger partial charge on any atom is -0.326 e. The molecule has 0 aliphatic heterocycles. The third kappa shape index (κ3) is 2.43. The van der Waals surface area contributed by atoms with Crippen LogP contribution in [0.15, 0.2) is 42.5 Å². The number of imidazole rings is 1. The predicted molar refractivity (Wildman–Crippen MR) is 88.5 cm³/mol. The molecule has 0 fully saturated rings. The first-order chi connectivity index (χ1) is 10.1. The summed E-state index contributed by atoms with van der Waals surface area (Å²) in [5.41, 5.74) is 9.82. The van der Waals surface area contributed by atoms with Crippen molar-refractivity contribution in [1.82, 2.24) is 9.55 Å². The minimum absolute atomic E-state index is 0.270. The Labute approximate surface area is 129 Å². The Balaban J connectivity index is 2.31. The van der Waals surface area contributed by atoms with Gasteiger partial charge in [0.1, 0.15) is 5.82 Å². The predicted octanol–water partition coefficient (Wildman–Crippen LogP) is 4.40. The van der Waals surface area contributed by atoms with Crippen LogP contribution in [0.2, 0.25) is 5.02 Å². The normalized spacial score (nSPS) is 11.5. The lowest BCUT2D eigenvalue weighted by Gasteiger charge is -2.14. The van der Waals surface area contributed by atoms with Gasteiger partial charge in [0.15, 0.2) is 0 Å². The highest BCUT2D eigenvalue weighted by Gasteiger charge is 2.17. The average Bonchev–Trinajstić information content (AvgIpc) is 2.88. The monoisotopic (exact) mass is 299 g/mol. The van der Waals surface area contributed by atoms with E-state index in [0.717, 1.165) is 33.0 Å². The lowest BCUT2D eigenvalue weighted by molar-refractivity contribution is 0.624. The van der Waals surface area contributed by atoms with Gasteiger partial charge in [-0.1, -0.05) is 35.9 Å². The quantitative estimate of drug-likeness (QED) is 0.779. The third-order valence-corrected chi connectivity index (χ3v) is 3.90. The summed E-state index contributed by atoms with van der Waals surface area (Å²) in [5.74, 6) is 0.934. The molecule has 0 saturated carbocycles. The van der Waals surface area contributed by atoms with E-state index in [1.807, 2.05) is 30.3 Å². The molecule has 1 heterocycles. The van der Waals surface area contributed by atoms with Gasteiger partial charge in [-0.3, -0.25) is 0 Å². The highest BCUT2D eigenvalue weighted by molar-refractivity contribution is 6.35. The van der Waals surface area contributed by atoms with Gasteiger partial charge in [-0.25, -0.2) is 4.98 Å². The number of nitrogens with two attached hydrogens (primary N) is 1. The summed E-state index contributed by atoms with van der Waals surface area (Å²) in [6, 6.07) is 14.3. The summed E-state index contributed by atoms with van der Waals surface area (Å²) in [6.07, 6.45) is 0. The number of hydrogen-bond acceptors (Lipinski definition) is 2. The van der Waals surface area contributed by atoms with Crippen molar-refractivity contribution in [1.29, 1.82) is 0 Å². The first-order valence-corrected chi connectivity index (χ1v) is 7.45. The fourth-order valence-corrected chi connectivity index (χ4v) is 2.91. The Bertz CT molecular complexity index is 790. The van der Waals surface area contributed by atoms with Crippen LogP contribution in [0, 0.1) is 0 Å². The van der Waals surface area contributed by atoms with E-state index in [9.17, 15) is 0 Å². The zero-order chi connectivity index (χ0) is 15.0. The van der Waals surface area contributed by atoms with Gasteiger partial charge in [0, 0.05) is 18.2 Å². The standard InChI is InChI=1S/C17H18ClN3/c1-11(2)21-16-14(18)7-4-8-15(16)20-17(21)13-6-3-5-12(9-13)10-19/h3-9,11H,10,19H2,1-2H3. The van der Waals surface area contributed by atoms with Gasteiger partial charge in [-0.2, -0.15) is 0 Å². The second-order valence-corrected chi connectivity index (χ2v) is 5.82. The fraction of sp³-hybridized carbons (Fsp3) is 0.235.